The lowest BCUT2D eigenvalue weighted by Crippen LogP contribution is -2.37. The summed E-state index contributed by atoms with van der Waals surface area (Å²) in [5.41, 5.74) is 0. The van der Waals surface area contributed by atoms with Crippen molar-refractivity contribution in [1.82, 2.24) is 0 Å². The minimum absolute atomic E-state index is 0.148. The number of hydrogen-bond acceptors (Lipinski definition) is 2. The lowest BCUT2D eigenvalue weighted by atomic mass is 9.72. The molecule has 0 aromatic rings. The molecule has 1 spiro atoms. The van der Waals surface area contributed by atoms with Gasteiger partial charge in [0.15, 0.2) is 5.79 Å². The van der Waals surface area contributed by atoms with Gasteiger partial charge in [0.2, 0.25) is 0 Å². The van der Waals surface area contributed by atoms with Gasteiger partial charge in [-0.3, -0.25) is 4.39 Å². The molecule has 0 atom stereocenters. The third-order valence-corrected chi connectivity index (χ3v) is 5.11. The maximum Gasteiger partial charge on any atom is 0.168 e. The van der Waals surface area contributed by atoms with E-state index in [2.05, 4.69) is 0 Å². The van der Waals surface area contributed by atoms with Gasteiger partial charge in [0.25, 0.3) is 0 Å². The predicted octanol–water partition coefficient (Wildman–Crippen LogP) is 4.87. The summed E-state index contributed by atoms with van der Waals surface area (Å²) >= 11 is 0. The summed E-state index contributed by atoms with van der Waals surface area (Å²) < 4.78 is 22.3. The van der Waals surface area contributed by atoms with E-state index in [4.69, 9.17) is 9.47 Å². The molecule has 0 radical (unpaired) electrons. The average molecular weight is 286 g/mol. The molecule has 3 rings (SSSR count). The Bertz CT molecular complexity index is 246. The van der Waals surface area contributed by atoms with Crippen LogP contribution in [0.25, 0.3) is 0 Å². The molecule has 2 aliphatic carbocycles. The summed E-state index contributed by atoms with van der Waals surface area (Å²) in [5.74, 6) is 1.84. The summed E-state index contributed by atoms with van der Waals surface area (Å²) in [4.78, 5) is 0. The Morgan fingerprint density at radius 2 is 1.40 bits per heavy atom. The van der Waals surface area contributed by atoms with Crippen LogP contribution in [0.2, 0.25) is 0 Å². The Balaban J connectivity index is 0.000000328. The first-order chi connectivity index (χ1) is 9.79. The van der Waals surface area contributed by atoms with E-state index in [1.54, 1.807) is 6.92 Å². The normalized spacial score (nSPS) is 27.3. The predicted molar refractivity (Wildman–Crippen MR) is 79.4 cm³/mol. The van der Waals surface area contributed by atoms with Gasteiger partial charge in [-0.15, -0.1) is 0 Å². The topological polar surface area (TPSA) is 18.5 Å². The highest BCUT2D eigenvalue weighted by molar-refractivity contribution is 4.85. The van der Waals surface area contributed by atoms with Crippen LogP contribution in [0.3, 0.4) is 0 Å². The molecule has 0 aromatic carbocycles. The zero-order chi connectivity index (χ0) is 14.3. The zero-order valence-electron chi connectivity index (χ0n) is 13.0. The monoisotopic (exact) mass is 286 g/mol. The number of rotatable bonds is 2. The van der Waals surface area contributed by atoms with Crippen LogP contribution in [0.1, 0.15) is 71.1 Å². The van der Waals surface area contributed by atoms with E-state index in [1.807, 2.05) is 0 Å². The molecule has 2 nitrogen and oxygen atoms in total. The van der Waals surface area contributed by atoms with Crippen molar-refractivity contribution in [2.24, 2.45) is 11.8 Å². The molecule has 3 fully saturated rings. The molecule has 1 saturated heterocycles. The van der Waals surface area contributed by atoms with Crippen molar-refractivity contribution in [3.63, 3.8) is 0 Å². The van der Waals surface area contributed by atoms with Crippen LogP contribution in [-0.4, -0.2) is 25.7 Å². The molecule has 0 N–H and O–H groups in total. The molecule has 1 heterocycles. The van der Waals surface area contributed by atoms with Crippen LogP contribution < -0.4 is 0 Å². The van der Waals surface area contributed by atoms with E-state index in [-0.39, 0.29) is 12.5 Å². The Morgan fingerprint density at radius 3 is 1.90 bits per heavy atom. The largest absolute Gasteiger partial charge is 0.348 e. The molecule has 3 aliphatic rings. The van der Waals surface area contributed by atoms with Crippen molar-refractivity contribution in [1.29, 1.82) is 0 Å². The molecule has 2 saturated carbocycles. The van der Waals surface area contributed by atoms with E-state index in [9.17, 15) is 4.39 Å². The lowest BCUT2D eigenvalue weighted by Gasteiger charge is -2.39. The number of ether oxygens (including phenoxy) is 2. The second kappa shape index (κ2) is 8.33. The second-order valence-corrected chi connectivity index (χ2v) is 6.53. The molecule has 0 amide bonds. The maximum atomic E-state index is 10.7. The molecule has 3 heteroatoms. The van der Waals surface area contributed by atoms with Crippen molar-refractivity contribution < 1.29 is 13.9 Å². The first kappa shape index (κ1) is 16.2. The van der Waals surface area contributed by atoms with E-state index in [1.165, 1.54) is 44.9 Å². The number of hydrogen-bond donors (Lipinski definition) is 0. The average Bonchev–Trinajstić information content (AvgIpc) is 2.97. The van der Waals surface area contributed by atoms with Crippen molar-refractivity contribution >= 4 is 0 Å². The van der Waals surface area contributed by atoms with E-state index in [0.29, 0.717) is 6.42 Å². The highest BCUT2D eigenvalue weighted by atomic mass is 19.1. The first-order valence-electron chi connectivity index (χ1n) is 8.63. The minimum atomic E-state index is -0.181. The van der Waals surface area contributed by atoms with Crippen LogP contribution in [-0.2, 0) is 9.47 Å². The first-order valence-corrected chi connectivity index (χ1v) is 8.63. The fourth-order valence-corrected chi connectivity index (χ4v) is 3.94. The molecule has 0 aromatic heterocycles. The van der Waals surface area contributed by atoms with Crippen LogP contribution in [0.5, 0.6) is 0 Å². The molecular weight excluding hydrogens is 255 g/mol. The summed E-state index contributed by atoms with van der Waals surface area (Å²) in [7, 11) is 0. The third kappa shape index (κ3) is 4.42. The standard InChI is InChI=1S/C14H24O2.C3H7F/c1-2-4-12(5-3-1)13-6-8-14(9-7-13)15-10-11-16-14;1-2-3-4/h12-13H,1-11H2;2-3H2,1H3. The van der Waals surface area contributed by atoms with E-state index < -0.39 is 0 Å². The molecule has 1 aliphatic heterocycles. The van der Waals surface area contributed by atoms with Gasteiger partial charge in [0.05, 0.1) is 19.9 Å². The lowest BCUT2D eigenvalue weighted by molar-refractivity contribution is -0.185. The highest BCUT2D eigenvalue weighted by Crippen LogP contribution is 2.44. The van der Waals surface area contributed by atoms with Crippen molar-refractivity contribution in [2.75, 3.05) is 19.9 Å². The van der Waals surface area contributed by atoms with Crippen LogP contribution in [0, 0.1) is 11.8 Å². The van der Waals surface area contributed by atoms with Crippen LogP contribution in [0.15, 0.2) is 0 Å². The number of halogens is 1. The maximum absolute atomic E-state index is 10.7. The molecule has 0 bridgehead atoms. The Labute approximate surface area is 123 Å². The van der Waals surface area contributed by atoms with Gasteiger partial charge >= 0.3 is 0 Å². The number of alkyl halides is 1. The van der Waals surface area contributed by atoms with Gasteiger partial charge in [-0.1, -0.05) is 39.0 Å². The molecular formula is C17H31FO2. The smallest absolute Gasteiger partial charge is 0.168 e. The van der Waals surface area contributed by atoms with Gasteiger partial charge in [-0.05, 0) is 31.1 Å². The quantitative estimate of drug-likeness (QED) is 0.721. The van der Waals surface area contributed by atoms with Crippen LogP contribution >= 0.6 is 0 Å². The summed E-state index contributed by atoms with van der Waals surface area (Å²) in [6, 6.07) is 0. The zero-order valence-corrected chi connectivity index (χ0v) is 13.0. The SMILES string of the molecule is C1CCC(C2CCC3(CC2)OCCO3)CC1.CCCF. The fraction of sp³-hybridized carbons (Fsp3) is 1.00. The van der Waals surface area contributed by atoms with E-state index >= 15 is 0 Å². The summed E-state index contributed by atoms with van der Waals surface area (Å²) in [6.45, 7) is 3.25. The van der Waals surface area contributed by atoms with Gasteiger partial charge < -0.3 is 9.47 Å². The van der Waals surface area contributed by atoms with Gasteiger partial charge in [0.1, 0.15) is 0 Å². The molecule has 118 valence electrons. The Hall–Kier alpha value is -0.150. The second-order valence-electron chi connectivity index (χ2n) is 6.53. The highest BCUT2D eigenvalue weighted by Gasteiger charge is 2.41. The summed E-state index contributed by atoms with van der Waals surface area (Å²) in [5, 5.41) is 0. The third-order valence-electron chi connectivity index (χ3n) is 5.11. The van der Waals surface area contributed by atoms with Crippen molar-refractivity contribution in [2.45, 2.75) is 76.9 Å². The van der Waals surface area contributed by atoms with Crippen LogP contribution in [0.4, 0.5) is 4.39 Å². The van der Waals surface area contributed by atoms with Gasteiger partial charge in [-0.25, -0.2) is 0 Å². The van der Waals surface area contributed by atoms with Gasteiger partial charge in [-0.2, -0.15) is 0 Å². The minimum Gasteiger partial charge on any atom is -0.348 e. The summed E-state index contributed by atoms with van der Waals surface area (Å²) in [6.07, 6.45) is 13.0. The molecule has 0 unspecified atom stereocenters. The Kier molecular flexibility index (Phi) is 6.76. The Morgan fingerprint density at radius 1 is 0.900 bits per heavy atom. The van der Waals surface area contributed by atoms with Crippen molar-refractivity contribution in [3.8, 4) is 0 Å². The fourth-order valence-electron chi connectivity index (χ4n) is 3.94. The van der Waals surface area contributed by atoms with Crippen molar-refractivity contribution in [3.05, 3.63) is 0 Å². The molecule has 20 heavy (non-hydrogen) atoms. The van der Waals surface area contributed by atoms with Gasteiger partial charge in [0, 0.05) is 12.8 Å². The van der Waals surface area contributed by atoms with E-state index in [0.717, 1.165) is 37.9 Å².